The van der Waals surface area contributed by atoms with Crippen LogP contribution in [0, 0.1) is 34.3 Å². The molecule has 2 aliphatic carbocycles. The van der Waals surface area contributed by atoms with Gasteiger partial charge in [-0.15, -0.1) is 0 Å². The van der Waals surface area contributed by atoms with Crippen molar-refractivity contribution in [3.05, 3.63) is 87.8 Å². The lowest BCUT2D eigenvalue weighted by atomic mass is 9.70. The Kier molecular flexibility index (Phi) is 7.15. The molecule has 7 rings (SSSR count). The van der Waals surface area contributed by atoms with E-state index >= 15 is 0 Å². The molecule has 3 aromatic rings. The number of amides is 1. The highest BCUT2D eigenvalue weighted by Crippen LogP contribution is 2.64. The number of hydrogen-bond donors (Lipinski definition) is 2. The number of hydrogen-bond acceptors (Lipinski definition) is 6. The number of Topliss-reactive ketones (excluding diaryl/α,β-unsaturated/α-hetero) is 1. The molecule has 2 aromatic carbocycles. The molecule has 2 aliphatic heterocycles. The van der Waals surface area contributed by atoms with Gasteiger partial charge in [0, 0.05) is 61.1 Å². The van der Waals surface area contributed by atoms with E-state index in [2.05, 4.69) is 14.9 Å². The van der Waals surface area contributed by atoms with Crippen LogP contribution in [0.4, 0.5) is 25.8 Å². The molecule has 4 aliphatic rings. The quantitative estimate of drug-likeness (QED) is 0.366. The second-order valence-electron chi connectivity index (χ2n) is 13.9. The minimum atomic E-state index is -4.08. The van der Waals surface area contributed by atoms with Gasteiger partial charge in [0.05, 0.1) is 22.5 Å². The van der Waals surface area contributed by atoms with Crippen molar-refractivity contribution in [1.29, 1.82) is 0 Å². The van der Waals surface area contributed by atoms with Crippen LogP contribution in [0.3, 0.4) is 0 Å². The van der Waals surface area contributed by atoms with Crippen LogP contribution in [-0.2, 0) is 21.4 Å². The van der Waals surface area contributed by atoms with Gasteiger partial charge in [-0.25, -0.2) is 17.2 Å². The first-order chi connectivity index (χ1) is 21.8. The van der Waals surface area contributed by atoms with Crippen molar-refractivity contribution in [2.75, 3.05) is 33.8 Å². The van der Waals surface area contributed by atoms with Crippen molar-refractivity contribution in [3.63, 3.8) is 0 Å². The summed E-state index contributed by atoms with van der Waals surface area (Å²) in [5.74, 6) is -2.81. The van der Waals surface area contributed by atoms with Crippen LogP contribution in [0.15, 0.2) is 59.4 Å². The molecule has 3 fully saturated rings. The molecule has 1 saturated heterocycles. The predicted octanol–water partition coefficient (Wildman–Crippen LogP) is 5.14. The van der Waals surface area contributed by atoms with Gasteiger partial charge in [0.1, 0.15) is 5.78 Å². The molecule has 1 amide bonds. The number of piperidine rings is 1. The van der Waals surface area contributed by atoms with Crippen molar-refractivity contribution in [2.45, 2.75) is 52.0 Å². The molecule has 1 aromatic heterocycles. The van der Waals surface area contributed by atoms with Gasteiger partial charge in [0.2, 0.25) is 10.0 Å². The minimum Gasteiger partial charge on any atom is -0.369 e. The van der Waals surface area contributed by atoms with Gasteiger partial charge in [0.15, 0.2) is 11.6 Å². The molecule has 242 valence electrons. The molecule has 9 nitrogen and oxygen atoms in total. The number of benzene rings is 2. The van der Waals surface area contributed by atoms with E-state index in [1.807, 2.05) is 24.5 Å². The molecule has 2 N–H and O–H groups in total. The van der Waals surface area contributed by atoms with Crippen LogP contribution in [-0.4, -0.2) is 43.5 Å². The van der Waals surface area contributed by atoms with Crippen LogP contribution in [0.5, 0.6) is 0 Å². The van der Waals surface area contributed by atoms with Gasteiger partial charge in [-0.2, -0.15) is 0 Å². The Labute approximate surface area is 266 Å². The van der Waals surface area contributed by atoms with E-state index in [0.29, 0.717) is 38.2 Å². The first-order valence-electron chi connectivity index (χ1n) is 15.7. The SMILES string of the molecule is CC1(C)[C@H]2CC[C@@]1(CS(=O)(=O)Nc1cc(C(=O)Nc3ccc(F)c(F)c3)ccc1N1C[C@H]3C[C@@H](C1)c1cccc(=O)n1C3)C(=O)C2. The van der Waals surface area contributed by atoms with Gasteiger partial charge in [-0.05, 0) is 72.9 Å². The van der Waals surface area contributed by atoms with E-state index < -0.39 is 38.4 Å². The molecular formula is C34H36F2N4O5S. The van der Waals surface area contributed by atoms with E-state index in [4.69, 9.17) is 0 Å². The first kappa shape index (κ1) is 30.6. The van der Waals surface area contributed by atoms with Crippen molar-refractivity contribution in [1.82, 2.24) is 4.57 Å². The summed E-state index contributed by atoms with van der Waals surface area (Å²) in [5, 5.41) is 2.55. The Balaban J connectivity index is 1.23. The number of pyridine rings is 1. The Morgan fingerprint density at radius 3 is 2.52 bits per heavy atom. The molecule has 4 bridgehead atoms. The number of nitrogens with zero attached hydrogens (tertiary/aromatic N) is 2. The lowest BCUT2D eigenvalue weighted by molar-refractivity contribution is -0.128. The first-order valence-corrected chi connectivity index (χ1v) is 17.3. The van der Waals surface area contributed by atoms with E-state index in [-0.39, 0.29) is 51.8 Å². The van der Waals surface area contributed by atoms with Gasteiger partial charge in [0.25, 0.3) is 11.5 Å². The summed E-state index contributed by atoms with van der Waals surface area (Å²) in [6.07, 6.45) is 2.60. The lowest BCUT2D eigenvalue weighted by Gasteiger charge is -2.44. The average molecular weight is 651 g/mol. The Bertz CT molecular complexity index is 1940. The fourth-order valence-electron chi connectivity index (χ4n) is 8.54. The molecule has 4 atom stereocenters. The zero-order valence-electron chi connectivity index (χ0n) is 25.7. The molecule has 12 heteroatoms. The monoisotopic (exact) mass is 650 g/mol. The van der Waals surface area contributed by atoms with Gasteiger partial charge >= 0.3 is 0 Å². The topological polar surface area (TPSA) is 118 Å². The molecule has 0 radical (unpaired) electrons. The second-order valence-corrected chi connectivity index (χ2v) is 15.7. The number of rotatable bonds is 7. The number of aromatic nitrogens is 1. The van der Waals surface area contributed by atoms with Crippen LogP contribution in [0.2, 0.25) is 0 Å². The summed E-state index contributed by atoms with van der Waals surface area (Å²) in [6, 6.07) is 13.0. The van der Waals surface area contributed by atoms with Crippen LogP contribution in [0.1, 0.15) is 61.5 Å². The summed E-state index contributed by atoms with van der Waals surface area (Å²) >= 11 is 0. The summed E-state index contributed by atoms with van der Waals surface area (Å²) < 4.78 is 59.7. The van der Waals surface area contributed by atoms with Crippen molar-refractivity contribution < 1.29 is 26.8 Å². The molecular weight excluding hydrogens is 614 g/mol. The van der Waals surface area contributed by atoms with Gasteiger partial charge in [-0.1, -0.05) is 19.9 Å². The van der Waals surface area contributed by atoms with Crippen LogP contribution >= 0.6 is 0 Å². The predicted molar refractivity (Wildman–Crippen MR) is 170 cm³/mol. The number of anilines is 3. The number of sulfonamides is 1. The highest BCUT2D eigenvalue weighted by Gasteiger charge is 2.65. The van der Waals surface area contributed by atoms with E-state index in [9.17, 15) is 31.6 Å². The van der Waals surface area contributed by atoms with Crippen LogP contribution < -0.4 is 20.5 Å². The highest BCUT2D eigenvalue weighted by atomic mass is 32.2. The molecule has 46 heavy (non-hydrogen) atoms. The van der Waals surface area contributed by atoms with Crippen LogP contribution in [0.25, 0.3) is 0 Å². The summed E-state index contributed by atoms with van der Waals surface area (Å²) in [6.45, 7) is 5.62. The highest BCUT2D eigenvalue weighted by molar-refractivity contribution is 7.92. The molecule has 3 heterocycles. The van der Waals surface area contributed by atoms with E-state index in [1.165, 1.54) is 12.1 Å². The summed E-state index contributed by atoms with van der Waals surface area (Å²) in [7, 11) is -4.08. The number of carbonyl (C=O) groups excluding carboxylic acids is 2. The smallest absolute Gasteiger partial charge is 0.255 e. The lowest BCUT2D eigenvalue weighted by Crippen LogP contribution is -2.47. The van der Waals surface area contributed by atoms with Gasteiger partial charge < -0.3 is 14.8 Å². The number of nitrogens with one attached hydrogen (secondary N) is 2. The fraction of sp³-hybridized carbons (Fsp3) is 0.441. The third-order valence-electron chi connectivity index (χ3n) is 11.1. The third kappa shape index (κ3) is 5.01. The Morgan fingerprint density at radius 2 is 1.80 bits per heavy atom. The van der Waals surface area contributed by atoms with Crippen molar-refractivity contribution in [3.8, 4) is 0 Å². The van der Waals surface area contributed by atoms with Crippen molar-refractivity contribution >= 4 is 38.8 Å². The molecule has 0 unspecified atom stereocenters. The zero-order valence-corrected chi connectivity index (χ0v) is 26.5. The second kappa shape index (κ2) is 10.8. The Hall–Kier alpha value is -4.06. The number of halogens is 2. The number of ketones is 1. The summed E-state index contributed by atoms with van der Waals surface area (Å²) in [5.41, 5.74) is 0.388. The van der Waals surface area contributed by atoms with Gasteiger partial charge in [-0.3, -0.25) is 19.1 Å². The number of carbonyl (C=O) groups is 2. The molecule has 0 spiro atoms. The maximum absolute atomic E-state index is 13.9. The third-order valence-corrected chi connectivity index (χ3v) is 12.5. The van der Waals surface area contributed by atoms with Crippen molar-refractivity contribution in [2.24, 2.45) is 22.7 Å². The minimum absolute atomic E-state index is 0.0169. The molecule has 2 saturated carbocycles. The van der Waals surface area contributed by atoms with E-state index in [1.54, 1.807) is 24.3 Å². The normalized spacial score (nSPS) is 26.1. The standard InChI is InChI=1S/C34H36F2N4O5S/c1-33(2)23-10-11-34(33,30(41)14-23)19-46(44,45)38-27-13-21(32(43)37-24-7-8-25(35)26(36)15-24)6-9-29(27)39-16-20-12-22(18-39)28-4-3-5-31(42)40(28)17-20/h3-9,13,15,20,22-23,38H,10-12,14,16-19H2,1-2H3,(H,37,43)/t20-,22+,23+,34-/m1/s1. The maximum Gasteiger partial charge on any atom is 0.255 e. The maximum atomic E-state index is 13.9. The van der Waals surface area contributed by atoms with E-state index in [0.717, 1.165) is 30.7 Å². The fourth-order valence-corrected chi connectivity index (χ4v) is 10.4. The Morgan fingerprint density at radius 1 is 1.00 bits per heavy atom. The summed E-state index contributed by atoms with van der Waals surface area (Å²) in [4.78, 5) is 41.1. The largest absolute Gasteiger partial charge is 0.369 e. The zero-order chi connectivity index (χ0) is 32.6. The number of fused-ring (bicyclic) bond motifs is 6. The average Bonchev–Trinajstić information content (AvgIpc) is 3.33.